The number of rotatable bonds is 3. The Bertz CT molecular complexity index is 398. The maximum absolute atomic E-state index is 3.84. The molecule has 18 heavy (non-hydrogen) atoms. The smallest absolute Gasteiger partial charge is 0.0295 e. The van der Waals surface area contributed by atoms with Gasteiger partial charge in [0.25, 0.3) is 0 Å². The molecule has 1 N–H and O–H groups in total. The number of fused-ring (bicyclic) bond motifs is 1. The molecular formula is C16H24N2. The van der Waals surface area contributed by atoms with Gasteiger partial charge < -0.3 is 5.32 Å². The largest absolute Gasteiger partial charge is 0.306 e. The molecule has 1 aromatic carbocycles. The summed E-state index contributed by atoms with van der Waals surface area (Å²) in [6.45, 7) is 7.06. The molecule has 0 bridgehead atoms. The molecule has 2 aliphatic rings. The summed E-state index contributed by atoms with van der Waals surface area (Å²) in [5, 5.41) is 3.84. The Kier molecular flexibility index (Phi) is 3.40. The van der Waals surface area contributed by atoms with Crippen LogP contribution >= 0.6 is 0 Å². The van der Waals surface area contributed by atoms with Crippen molar-refractivity contribution in [2.75, 3.05) is 13.1 Å². The summed E-state index contributed by atoms with van der Waals surface area (Å²) in [4.78, 5) is 2.67. The highest BCUT2D eigenvalue weighted by atomic mass is 15.2. The second-order valence-corrected chi connectivity index (χ2v) is 5.94. The number of benzene rings is 1. The molecule has 98 valence electrons. The fourth-order valence-corrected chi connectivity index (χ4v) is 3.55. The minimum atomic E-state index is 0.469. The molecule has 0 saturated carbocycles. The van der Waals surface area contributed by atoms with Crippen LogP contribution < -0.4 is 5.32 Å². The van der Waals surface area contributed by atoms with Crippen molar-refractivity contribution < 1.29 is 0 Å². The lowest BCUT2D eigenvalue weighted by Crippen LogP contribution is -2.40. The fraction of sp³-hybridized carbons (Fsp3) is 0.625. The van der Waals surface area contributed by atoms with Crippen LogP contribution in [0.15, 0.2) is 24.3 Å². The van der Waals surface area contributed by atoms with E-state index in [4.69, 9.17) is 0 Å². The number of hydrogen-bond donors (Lipinski definition) is 1. The Hall–Kier alpha value is -0.860. The minimum Gasteiger partial charge on any atom is -0.306 e. The SMILES string of the molecule is Cc1ccc(C(C)NC2CCN3CCCC23)cc1. The first-order chi connectivity index (χ1) is 8.74. The molecule has 2 heterocycles. The molecule has 0 spiro atoms. The van der Waals surface area contributed by atoms with Crippen LogP contribution in [0.5, 0.6) is 0 Å². The van der Waals surface area contributed by atoms with Crippen molar-refractivity contribution in [1.82, 2.24) is 10.2 Å². The van der Waals surface area contributed by atoms with Gasteiger partial charge in [0, 0.05) is 24.7 Å². The highest BCUT2D eigenvalue weighted by molar-refractivity contribution is 5.24. The first-order valence-electron chi connectivity index (χ1n) is 7.31. The van der Waals surface area contributed by atoms with Crippen molar-refractivity contribution in [2.24, 2.45) is 0 Å². The molecular weight excluding hydrogens is 220 g/mol. The Morgan fingerprint density at radius 3 is 2.72 bits per heavy atom. The van der Waals surface area contributed by atoms with Crippen molar-refractivity contribution >= 4 is 0 Å². The normalized spacial score (nSPS) is 29.4. The fourth-order valence-electron chi connectivity index (χ4n) is 3.55. The van der Waals surface area contributed by atoms with E-state index in [0.717, 1.165) is 6.04 Å². The summed E-state index contributed by atoms with van der Waals surface area (Å²) in [6, 6.07) is 10.9. The monoisotopic (exact) mass is 244 g/mol. The summed E-state index contributed by atoms with van der Waals surface area (Å²) in [7, 11) is 0. The Balaban J connectivity index is 1.64. The van der Waals surface area contributed by atoms with E-state index >= 15 is 0 Å². The van der Waals surface area contributed by atoms with Gasteiger partial charge in [0.1, 0.15) is 0 Å². The molecule has 0 radical (unpaired) electrons. The molecule has 1 aromatic rings. The van der Waals surface area contributed by atoms with E-state index in [1.165, 1.54) is 43.5 Å². The first-order valence-corrected chi connectivity index (χ1v) is 7.31. The molecule has 2 fully saturated rings. The lowest BCUT2D eigenvalue weighted by atomic mass is 10.0. The Labute approximate surface area is 110 Å². The lowest BCUT2D eigenvalue weighted by molar-refractivity contribution is 0.291. The minimum absolute atomic E-state index is 0.469. The van der Waals surface area contributed by atoms with Crippen LogP contribution in [0.2, 0.25) is 0 Å². The van der Waals surface area contributed by atoms with Gasteiger partial charge in [-0.05, 0) is 45.2 Å². The van der Waals surface area contributed by atoms with Crippen LogP contribution in [0.25, 0.3) is 0 Å². The van der Waals surface area contributed by atoms with E-state index in [-0.39, 0.29) is 0 Å². The molecule has 0 amide bonds. The van der Waals surface area contributed by atoms with E-state index in [0.29, 0.717) is 12.1 Å². The average Bonchev–Trinajstić information content (AvgIpc) is 2.95. The van der Waals surface area contributed by atoms with Crippen molar-refractivity contribution in [3.05, 3.63) is 35.4 Å². The molecule has 3 atom stereocenters. The summed E-state index contributed by atoms with van der Waals surface area (Å²) in [5.74, 6) is 0. The van der Waals surface area contributed by atoms with Crippen LogP contribution in [0.4, 0.5) is 0 Å². The van der Waals surface area contributed by atoms with E-state index in [1.807, 2.05) is 0 Å². The van der Waals surface area contributed by atoms with Crippen molar-refractivity contribution in [1.29, 1.82) is 0 Å². The molecule has 0 aromatic heterocycles. The third kappa shape index (κ3) is 2.32. The molecule has 2 nitrogen and oxygen atoms in total. The van der Waals surface area contributed by atoms with Gasteiger partial charge in [-0.25, -0.2) is 0 Å². The first kappa shape index (κ1) is 12.2. The second kappa shape index (κ2) is 5.02. The van der Waals surface area contributed by atoms with Gasteiger partial charge >= 0.3 is 0 Å². The Morgan fingerprint density at radius 1 is 1.17 bits per heavy atom. The Morgan fingerprint density at radius 2 is 1.94 bits per heavy atom. The zero-order valence-corrected chi connectivity index (χ0v) is 11.5. The van der Waals surface area contributed by atoms with Gasteiger partial charge in [-0.15, -0.1) is 0 Å². The summed E-state index contributed by atoms with van der Waals surface area (Å²) >= 11 is 0. The summed E-state index contributed by atoms with van der Waals surface area (Å²) in [5.41, 5.74) is 2.76. The average molecular weight is 244 g/mol. The number of nitrogens with zero attached hydrogens (tertiary/aromatic N) is 1. The molecule has 2 saturated heterocycles. The topological polar surface area (TPSA) is 15.3 Å². The van der Waals surface area contributed by atoms with Crippen molar-refractivity contribution in [3.63, 3.8) is 0 Å². The van der Waals surface area contributed by atoms with E-state index in [1.54, 1.807) is 0 Å². The van der Waals surface area contributed by atoms with Gasteiger partial charge in [-0.3, -0.25) is 4.90 Å². The molecule has 3 rings (SSSR count). The number of aryl methyl sites for hydroxylation is 1. The standard InChI is InChI=1S/C16H24N2/c1-12-5-7-14(8-6-12)13(2)17-15-9-11-18-10-3-4-16(15)18/h5-8,13,15-17H,3-4,9-11H2,1-2H3. The van der Waals surface area contributed by atoms with Crippen LogP contribution in [0.1, 0.15) is 43.4 Å². The highest BCUT2D eigenvalue weighted by Gasteiger charge is 2.37. The van der Waals surface area contributed by atoms with Crippen LogP contribution in [-0.2, 0) is 0 Å². The zero-order valence-electron chi connectivity index (χ0n) is 11.5. The molecule has 2 aliphatic heterocycles. The lowest BCUT2D eigenvalue weighted by Gasteiger charge is -2.25. The second-order valence-electron chi connectivity index (χ2n) is 5.94. The number of hydrogen-bond acceptors (Lipinski definition) is 2. The predicted molar refractivity (Wildman–Crippen MR) is 75.7 cm³/mol. The van der Waals surface area contributed by atoms with Gasteiger partial charge in [-0.2, -0.15) is 0 Å². The molecule has 0 aliphatic carbocycles. The number of nitrogens with one attached hydrogen (secondary N) is 1. The van der Waals surface area contributed by atoms with E-state index < -0.39 is 0 Å². The summed E-state index contributed by atoms with van der Waals surface area (Å²) in [6.07, 6.45) is 4.10. The van der Waals surface area contributed by atoms with Crippen molar-refractivity contribution in [2.45, 2.75) is 51.2 Å². The van der Waals surface area contributed by atoms with Gasteiger partial charge in [0.05, 0.1) is 0 Å². The maximum Gasteiger partial charge on any atom is 0.0295 e. The van der Waals surface area contributed by atoms with Gasteiger partial charge in [0.15, 0.2) is 0 Å². The third-order valence-electron chi connectivity index (χ3n) is 4.65. The van der Waals surface area contributed by atoms with E-state index in [9.17, 15) is 0 Å². The molecule has 2 heteroatoms. The maximum atomic E-state index is 3.84. The predicted octanol–water partition coefficient (Wildman–Crippen LogP) is 2.88. The zero-order chi connectivity index (χ0) is 12.5. The van der Waals surface area contributed by atoms with Crippen LogP contribution in [0.3, 0.4) is 0 Å². The van der Waals surface area contributed by atoms with E-state index in [2.05, 4.69) is 48.3 Å². The van der Waals surface area contributed by atoms with Crippen molar-refractivity contribution in [3.8, 4) is 0 Å². The van der Waals surface area contributed by atoms with Crippen LogP contribution in [0, 0.1) is 6.92 Å². The van der Waals surface area contributed by atoms with Gasteiger partial charge in [-0.1, -0.05) is 29.8 Å². The quantitative estimate of drug-likeness (QED) is 0.879. The van der Waals surface area contributed by atoms with Crippen LogP contribution in [-0.4, -0.2) is 30.1 Å². The van der Waals surface area contributed by atoms with Gasteiger partial charge in [0.2, 0.25) is 0 Å². The highest BCUT2D eigenvalue weighted by Crippen LogP contribution is 2.29. The summed E-state index contributed by atoms with van der Waals surface area (Å²) < 4.78 is 0. The third-order valence-corrected chi connectivity index (χ3v) is 4.65. The molecule has 3 unspecified atom stereocenters.